The number of ether oxygens (including phenoxy) is 1. The molecule has 2 aromatic rings. The van der Waals surface area contributed by atoms with Crippen LogP contribution >= 0.6 is 23.4 Å². The number of methoxy groups -OCH3 is 1. The van der Waals surface area contributed by atoms with E-state index in [0.29, 0.717) is 12.4 Å². The summed E-state index contributed by atoms with van der Waals surface area (Å²) in [4.78, 5) is 9.98. The van der Waals surface area contributed by atoms with Gasteiger partial charge in [-0.3, -0.25) is 0 Å². The number of nitrogens with one attached hydrogen (secondary N) is 1. The van der Waals surface area contributed by atoms with Crippen molar-refractivity contribution >= 4 is 29.2 Å². The van der Waals surface area contributed by atoms with Crippen molar-refractivity contribution in [1.82, 2.24) is 9.97 Å². The quantitative estimate of drug-likeness (QED) is 0.772. The van der Waals surface area contributed by atoms with Gasteiger partial charge in [0.1, 0.15) is 17.5 Å². The number of benzene rings is 1. The van der Waals surface area contributed by atoms with E-state index in [1.54, 1.807) is 18.9 Å². The van der Waals surface area contributed by atoms with Gasteiger partial charge in [0.15, 0.2) is 5.82 Å². The molecule has 112 valence electrons. The second-order valence-corrected chi connectivity index (χ2v) is 5.96. The minimum Gasteiger partial charge on any atom is -0.377 e. The Morgan fingerprint density at radius 3 is 2.86 bits per heavy atom. The van der Waals surface area contributed by atoms with Crippen molar-refractivity contribution < 1.29 is 4.74 Å². The monoisotopic (exact) mass is 323 g/mol. The molecule has 0 unspecified atom stereocenters. The fraction of sp³-hybridized carbons (Fsp3) is 0.333. The van der Waals surface area contributed by atoms with Crippen LogP contribution in [0.25, 0.3) is 0 Å². The highest BCUT2D eigenvalue weighted by atomic mass is 35.5. The van der Waals surface area contributed by atoms with Crippen molar-refractivity contribution in [3.63, 3.8) is 0 Å². The van der Waals surface area contributed by atoms with Gasteiger partial charge in [0, 0.05) is 29.6 Å². The molecule has 1 heterocycles. The third-order valence-corrected chi connectivity index (χ3v) is 3.74. The second-order valence-electron chi connectivity index (χ2n) is 4.43. The molecule has 0 radical (unpaired) electrons. The van der Waals surface area contributed by atoms with E-state index in [-0.39, 0.29) is 0 Å². The molecular weight excluding hydrogens is 306 g/mol. The molecule has 0 atom stereocenters. The predicted octanol–water partition coefficient (Wildman–Crippen LogP) is 4.25. The molecule has 0 aliphatic carbocycles. The normalized spacial score (nSPS) is 10.6. The van der Waals surface area contributed by atoms with Gasteiger partial charge in [-0.15, -0.1) is 0 Å². The Bertz CT molecular complexity index is 595. The lowest BCUT2D eigenvalue weighted by molar-refractivity contribution is 0.177. The van der Waals surface area contributed by atoms with E-state index in [2.05, 4.69) is 22.2 Å². The zero-order valence-corrected chi connectivity index (χ0v) is 13.7. The average molecular weight is 324 g/mol. The molecular formula is C15H18ClN3OS. The van der Waals surface area contributed by atoms with E-state index < -0.39 is 0 Å². The van der Waals surface area contributed by atoms with E-state index in [1.807, 2.05) is 30.3 Å². The zero-order valence-electron chi connectivity index (χ0n) is 12.1. The number of halogens is 1. The Labute approximate surface area is 134 Å². The lowest BCUT2D eigenvalue weighted by Crippen LogP contribution is -2.06. The lowest BCUT2D eigenvalue weighted by atomic mass is 10.4. The van der Waals surface area contributed by atoms with E-state index in [9.17, 15) is 0 Å². The van der Waals surface area contributed by atoms with Crippen molar-refractivity contribution in [3.8, 4) is 0 Å². The summed E-state index contributed by atoms with van der Waals surface area (Å²) in [5, 5.41) is 4.88. The van der Waals surface area contributed by atoms with Crippen molar-refractivity contribution in [2.24, 2.45) is 0 Å². The van der Waals surface area contributed by atoms with E-state index in [1.165, 1.54) is 0 Å². The molecule has 0 bridgehead atoms. The van der Waals surface area contributed by atoms with Crippen LogP contribution in [-0.2, 0) is 11.3 Å². The van der Waals surface area contributed by atoms with Crippen LogP contribution in [0.5, 0.6) is 0 Å². The highest BCUT2D eigenvalue weighted by molar-refractivity contribution is 7.99. The van der Waals surface area contributed by atoms with Gasteiger partial charge in [-0.05, 0) is 24.6 Å². The first-order valence-corrected chi connectivity index (χ1v) is 7.95. The molecule has 1 aromatic heterocycles. The van der Waals surface area contributed by atoms with Crippen molar-refractivity contribution in [2.75, 3.05) is 19.0 Å². The summed E-state index contributed by atoms with van der Waals surface area (Å²) >= 11 is 7.57. The molecule has 0 fully saturated rings. The highest BCUT2D eigenvalue weighted by Crippen LogP contribution is 2.29. The van der Waals surface area contributed by atoms with Crippen LogP contribution in [0.15, 0.2) is 40.3 Å². The summed E-state index contributed by atoms with van der Waals surface area (Å²) in [6, 6.07) is 9.66. The molecule has 4 nitrogen and oxygen atoms in total. The molecule has 6 heteroatoms. The van der Waals surface area contributed by atoms with E-state index in [0.717, 1.165) is 33.7 Å². The maximum Gasteiger partial charge on any atom is 0.157 e. The zero-order chi connectivity index (χ0) is 15.1. The van der Waals surface area contributed by atoms with Crippen molar-refractivity contribution in [3.05, 3.63) is 41.2 Å². The third kappa shape index (κ3) is 5.19. The number of aromatic nitrogens is 2. The Hall–Kier alpha value is -1.30. The van der Waals surface area contributed by atoms with Crippen LogP contribution < -0.4 is 5.32 Å². The molecule has 0 amide bonds. The van der Waals surface area contributed by atoms with Crippen molar-refractivity contribution in [2.45, 2.75) is 29.9 Å². The first kappa shape index (κ1) is 16.1. The third-order valence-electron chi connectivity index (χ3n) is 2.60. The molecule has 1 aromatic carbocycles. The Morgan fingerprint density at radius 2 is 2.14 bits per heavy atom. The number of hydrogen-bond donors (Lipinski definition) is 1. The molecule has 1 N–H and O–H groups in total. The molecule has 0 aliphatic rings. The molecule has 0 saturated carbocycles. The molecule has 0 aliphatic heterocycles. The second kappa shape index (κ2) is 8.22. The summed E-state index contributed by atoms with van der Waals surface area (Å²) in [5.41, 5.74) is 0. The first-order valence-electron chi connectivity index (χ1n) is 6.75. The Kier molecular flexibility index (Phi) is 6.29. The fourth-order valence-electron chi connectivity index (χ4n) is 1.71. The highest BCUT2D eigenvalue weighted by Gasteiger charge is 2.06. The standard InChI is InChI=1S/C15H18ClN3OS/c1-3-7-17-13-9-15(19-14(18-13)10-20-2)21-12-6-4-5-11(16)8-12/h4-6,8-9H,3,7,10H2,1-2H3,(H,17,18,19). The van der Waals surface area contributed by atoms with Crippen LogP contribution in [0.2, 0.25) is 5.02 Å². The SMILES string of the molecule is CCCNc1cc(Sc2cccc(Cl)c2)nc(COC)n1. The first-order chi connectivity index (χ1) is 10.2. The van der Waals surface area contributed by atoms with Crippen LogP contribution in [0.4, 0.5) is 5.82 Å². The maximum atomic E-state index is 6.01. The molecule has 0 spiro atoms. The van der Waals surface area contributed by atoms with E-state index in [4.69, 9.17) is 16.3 Å². The van der Waals surface area contributed by atoms with Gasteiger partial charge in [-0.1, -0.05) is 36.4 Å². The molecule has 21 heavy (non-hydrogen) atoms. The van der Waals surface area contributed by atoms with Gasteiger partial charge in [0.25, 0.3) is 0 Å². The van der Waals surface area contributed by atoms with Gasteiger partial charge in [-0.25, -0.2) is 9.97 Å². The van der Waals surface area contributed by atoms with Gasteiger partial charge < -0.3 is 10.1 Å². The van der Waals surface area contributed by atoms with Crippen LogP contribution in [0, 0.1) is 0 Å². The Morgan fingerprint density at radius 1 is 1.29 bits per heavy atom. The number of anilines is 1. The van der Waals surface area contributed by atoms with Gasteiger partial charge in [0.2, 0.25) is 0 Å². The van der Waals surface area contributed by atoms with Gasteiger partial charge >= 0.3 is 0 Å². The van der Waals surface area contributed by atoms with Crippen LogP contribution in [0.1, 0.15) is 19.2 Å². The predicted molar refractivity (Wildman–Crippen MR) is 87.1 cm³/mol. The summed E-state index contributed by atoms with van der Waals surface area (Å²) in [6.45, 7) is 3.39. The minimum absolute atomic E-state index is 0.394. The lowest BCUT2D eigenvalue weighted by Gasteiger charge is -2.09. The Balaban J connectivity index is 2.22. The largest absolute Gasteiger partial charge is 0.377 e. The van der Waals surface area contributed by atoms with Gasteiger partial charge in [-0.2, -0.15) is 0 Å². The summed E-state index contributed by atoms with van der Waals surface area (Å²) < 4.78 is 5.13. The maximum absolute atomic E-state index is 6.01. The van der Waals surface area contributed by atoms with Crippen molar-refractivity contribution in [1.29, 1.82) is 0 Å². The average Bonchev–Trinajstić information content (AvgIpc) is 2.45. The topological polar surface area (TPSA) is 47.0 Å². The van der Waals surface area contributed by atoms with Crippen LogP contribution in [-0.4, -0.2) is 23.6 Å². The smallest absolute Gasteiger partial charge is 0.157 e. The number of nitrogens with zero attached hydrogens (tertiary/aromatic N) is 2. The van der Waals surface area contributed by atoms with Gasteiger partial charge in [0.05, 0.1) is 0 Å². The minimum atomic E-state index is 0.394. The molecule has 2 rings (SSSR count). The molecule has 0 saturated heterocycles. The number of rotatable bonds is 7. The summed E-state index contributed by atoms with van der Waals surface area (Å²) in [6.07, 6.45) is 1.04. The van der Waals surface area contributed by atoms with E-state index >= 15 is 0 Å². The summed E-state index contributed by atoms with van der Waals surface area (Å²) in [7, 11) is 1.64. The number of hydrogen-bond acceptors (Lipinski definition) is 5. The fourth-order valence-corrected chi connectivity index (χ4v) is 2.86. The van der Waals surface area contributed by atoms with Crippen LogP contribution in [0.3, 0.4) is 0 Å². The summed E-state index contributed by atoms with van der Waals surface area (Å²) in [5.74, 6) is 1.49.